The minimum absolute atomic E-state index is 0.0142. The summed E-state index contributed by atoms with van der Waals surface area (Å²) in [5, 5.41) is 0. The van der Waals surface area contributed by atoms with Crippen LogP contribution in [0.5, 0.6) is 0 Å². The van der Waals surface area contributed by atoms with Crippen molar-refractivity contribution in [3.8, 4) is 0 Å². The van der Waals surface area contributed by atoms with Crippen LogP contribution in [0.1, 0.15) is 65.2 Å². The van der Waals surface area contributed by atoms with Gasteiger partial charge in [-0.1, -0.05) is 6.92 Å². The number of hydrogen-bond acceptors (Lipinski definition) is 11. The molecule has 37 heavy (non-hydrogen) atoms. The predicted octanol–water partition coefficient (Wildman–Crippen LogP) is 3.79. The van der Waals surface area contributed by atoms with Crippen LogP contribution in [0.25, 0.3) is 0 Å². The molecule has 2 aliphatic heterocycles. The Morgan fingerprint density at radius 1 is 0.946 bits per heavy atom. The molecule has 1 unspecified atom stereocenters. The molecule has 0 radical (unpaired) electrons. The van der Waals surface area contributed by atoms with Crippen LogP contribution < -0.4 is 0 Å². The second-order valence-electron chi connectivity index (χ2n) is 9.30. The van der Waals surface area contributed by atoms with E-state index in [4.69, 9.17) is 17.0 Å². The number of piperidine rings is 1. The van der Waals surface area contributed by atoms with Crippen LogP contribution in [0.15, 0.2) is 24.3 Å². The van der Waals surface area contributed by atoms with Crippen molar-refractivity contribution in [1.29, 1.82) is 0 Å². The molecule has 3 rings (SSSR count). The van der Waals surface area contributed by atoms with Crippen molar-refractivity contribution in [3.05, 3.63) is 33.4 Å². The van der Waals surface area contributed by atoms with Gasteiger partial charge < -0.3 is 9.64 Å². The van der Waals surface area contributed by atoms with Crippen molar-refractivity contribution in [2.75, 3.05) is 13.1 Å². The molecule has 1 saturated heterocycles. The van der Waals surface area contributed by atoms with Gasteiger partial charge in [0.1, 0.15) is 5.60 Å². The van der Waals surface area contributed by atoms with Crippen molar-refractivity contribution < 1.29 is 45.8 Å². The zero-order valence-corrected chi connectivity index (χ0v) is 24.0. The van der Waals surface area contributed by atoms with Crippen molar-refractivity contribution in [3.63, 3.8) is 0 Å². The van der Waals surface area contributed by atoms with Gasteiger partial charge in [-0.2, -0.15) is 0 Å². The number of carbonyl (C=O) groups is 6. The maximum atomic E-state index is 12.1. The Morgan fingerprint density at radius 3 is 1.92 bits per heavy atom. The van der Waals surface area contributed by atoms with Crippen molar-refractivity contribution in [1.82, 2.24) is 4.90 Å². The van der Waals surface area contributed by atoms with Crippen LogP contribution in [-0.2, 0) is 36.2 Å². The van der Waals surface area contributed by atoms with E-state index in [1.54, 1.807) is 6.07 Å². The molecule has 1 aromatic rings. The van der Waals surface area contributed by atoms with Crippen LogP contribution in [0.2, 0.25) is 0 Å². The first kappa shape index (κ1) is 30.0. The standard InChI is InChI=1S/C13H13IO8.C11H19NO3/c1-8(15)19-14(20-9(2)16,21-10(3)17)12-7-5-4-6-11(12)13(18)22-14;1-8-5-6-12(7-9(8)13)10(14)15-11(2,3)4/h4-7H,1-3H3;8H,5-7H2,1-4H3. The normalized spacial score (nSPS) is 20.5. The quantitative estimate of drug-likeness (QED) is 0.445. The van der Waals surface area contributed by atoms with Gasteiger partial charge in [0.2, 0.25) is 0 Å². The SMILES string of the molecule is CC(=O)OI1(OC(C)=O)(OC(C)=O)OC(=O)c2ccccc21.CC1CCN(C(=O)OC(C)(C)C)CC1=O. The fourth-order valence-electron chi connectivity index (χ4n) is 3.30. The molecule has 0 aliphatic carbocycles. The number of hydrogen-bond donors (Lipinski definition) is 0. The van der Waals surface area contributed by atoms with Crippen LogP contribution in [0.3, 0.4) is 0 Å². The molecule has 0 N–H and O–H groups in total. The van der Waals surface area contributed by atoms with E-state index in [2.05, 4.69) is 0 Å². The van der Waals surface area contributed by atoms with E-state index in [0.29, 0.717) is 6.54 Å². The van der Waals surface area contributed by atoms with Crippen LogP contribution in [0.4, 0.5) is 4.79 Å². The summed E-state index contributed by atoms with van der Waals surface area (Å²) in [5.41, 5.74) is -0.483. The van der Waals surface area contributed by atoms with Gasteiger partial charge in [-0.05, 0) is 27.2 Å². The molecule has 13 heteroatoms. The van der Waals surface area contributed by atoms with E-state index in [1.165, 1.54) is 23.1 Å². The molecule has 2 aliphatic rings. The first-order chi connectivity index (χ1) is 17.0. The molecule has 1 amide bonds. The maximum absolute atomic E-state index is 12.1. The van der Waals surface area contributed by atoms with Crippen molar-refractivity contribution in [2.24, 2.45) is 5.92 Å². The Kier molecular flexibility index (Phi) is 8.94. The van der Waals surface area contributed by atoms with Crippen molar-refractivity contribution >= 4 is 54.5 Å². The first-order valence-corrected chi connectivity index (χ1v) is 15.9. The molecule has 1 aromatic carbocycles. The number of amides is 1. The average Bonchev–Trinajstić information content (AvgIpc) is 2.95. The largest absolute Gasteiger partial charge is 0.444 e. The van der Waals surface area contributed by atoms with Crippen LogP contribution in [0, 0.1) is 9.49 Å². The molecule has 12 nitrogen and oxygen atoms in total. The maximum Gasteiger partial charge on any atom is 0.410 e. The number of ketones is 1. The van der Waals surface area contributed by atoms with Gasteiger partial charge in [-0.15, -0.1) is 0 Å². The summed E-state index contributed by atoms with van der Waals surface area (Å²) in [6.07, 6.45) is 0.348. The zero-order valence-electron chi connectivity index (χ0n) is 21.8. The summed E-state index contributed by atoms with van der Waals surface area (Å²) in [4.78, 5) is 71.2. The fourth-order valence-corrected chi connectivity index (χ4v) is 11.1. The van der Waals surface area contributed by atoms with E-state index in [-0.39, 0.29) is 33.5 Å². The smallest absolute Gasteiger partial charge is 0.410 e. The van der Waals surface area contributed by atoms with Gasteiger partial charge in [0.25, 0.3) is 0 Å². The molecule has 1 atom stereocenters. The molecule has 0 aromatic heterocycles. The van der Waals surface area contributed by atoms with Crippen molar-refractivity contribution in [2.45, 2.75) is 60.5 Å². The van der Waals surface area contributed by atoms with Crippen LogP contribution in [-0.4, -0.2) is 59.3 Å². The van der Waals surface area contributed by atoms with Crippen LogP contribution >= 0.6 is 18.7 Å². The third-order valence-corrected chi connectivity index (χ3v) is 12.9. The second kappa shape index (κ2) is 11.0. The molecule has 0 saturated carbocycles. The summed E-state index contributed by atoms with van der Waals surface area (Å²) in [7, 11) is 0. The number of carbonyl (C=O) groups excluding carboxylic acids is 6. The number of fused-ring (bicyclic) bond motifs is 1. The Labute approximate surface area is 217 Å². The summed E-state index contributed by atoms with van der Waals surface area (Å²) >= 11 is -6.03. The molecule has 2 heterocycles. The molecular weight excluding hydrogens is 605 g/mol. The Morgan fingerprint density at radius 2 is 1.46 bits per heavy atom. The number of nitrogens with zero attached hydrogens (tertiary/aromatic N) is 1. The Bertz CT molecular complexity index is 1070. The minimum Gasteiger partial charge on any atom is -0.444 e. The minimum atomic E-state index is -6.03. The number of ether oxygens (including phenoxy) is 1. The summed E-state index contributed by atoms with van der Waals surface area (Å²) < 4.78 is 25.7. The van der Waals surface area contributed by atoms with Gasteiger partial charge in [0.15, 0.2) is 5.78 Å². The van der Waals surface area contributed by atoms with Gasteiger partial charge in [-0.3, -0.25) is 4.79 Å². The van der Waals surface area contributed by atoms with E-state index >= 15 is 0 Å². The predicted molar refractivity (Wildman–Crippen MR) is 136 cm³/mol. The third kappa shape index (κ3) is 7.17. The fraction of sp³-hybridized carbons (Fsp3) is 0.500. The van der Waals surface area contributed by atoms with Gasteiger partial charge in [0, 0.05) is 12.5 Å². The van der Waals surface area contributed by atoms with E-state index in [9.17, 15) is 28.8 Å². The summed E-state index contributed by atoms with van der Waals surface area (Å²) in [5.74, 6) is -3.45. The molecule has 206 valence electrons. The number of likely N-dealkylation sites (tertiary alicyclic amines) is 1. The number of benzene rings is 1. The van der Waals surface area contributed by atoms with E-state index < -0.39 is 48.2 Å². The Hall–Kier alpha value is -3.23. The second-order valence-corrected chi connectivity index (χ2v) is 16.1. The topological polar surface area (TPSA) is 152 Å². The van der Waals surface area contributed by atoms with Gasteiger partial charge >= 0.3 is 134 Å². The number of rotatable bonds is 3. The summed E-state index contributed by atoms with van der Waals surface area (Å²) in [6, 6.07) is 5.81. The third-order valence-electron chi connectivity index (χ3n) is 4.73. The zero-order chi connectivity index (χ0) is 28.2. The molecular formula is C24H32INO11. The Balaban J connectivity index is 0.000000281. The average molecular weight is 637 g/mol. The number of Topliss-reactive ketones (excluding diaryl/α,β-unsaturated/α-hetero) is 1. The molecule has 1 fully saturated rings. The van der Waals surface area contributed by atoms with E-state index in [0.717, 1.165) is 27.2 Å². The monoisotopic (exact) mass is 637 g/mol. The van der Waals surface area contributed by atoms with E-state index in [1.807, 2.05) is 27.7 Å². The van der Waals surface area contributed by atoms with Gasteiger partial charge in [-0.25, -0.2) is 4.79 Å². The molecule has 0 spiro atoms. The molecule has 0 bridgehead atoms. The first-order valence-electron chi connectivity index (χ1n) is 11.3. The number of halogens is 1. The summed E-state index contributed by atoms with van der Waals surface area (Å²) in [6.45, 7) is 11.2. The van der Waals surface area contributed by atoms with Gasteiger partial charge in [0.05, 0.1) is 6.54 Å².